The highest BCUT2D eigenvalue weighted by Crippen LogP contribution is 2.25. The molecule has 2 N–H and O–H groups in total. The summed E-state index contributed by atoms with van der Waals surface area (Å²) in [4.78, 5) is 4.51. The highest BCUT2D eigenvalue weighted by atomic mass is 16.6. The zero-order chi connectivity index (χ0) is 14.5. The van der Waals surface area contributed by atoms with Crippen molar-refractivity contribution in [1.29, 1.82) is 0 Å². The van der Waals surface area contributed by atoms with E-state index >= 15 is 0 Å². The Morgan fingerprint density at radius 2 is 2.15 bits per heavy atom. The van der Waals surface area contributed by atoms with E-state index in [1.807, 2.05) is 30.5 Å². The average molecular weight is 279 g/mol. The monoisotopic (exact) mass is 279 g/mol. The third-order valence-corrected chi connectivity index (χ3v) is 2.97. The highest BCUT2D eigenvalue weighted by molar-refractivity contribution is 5.59. The summed E-state index contributed by atoms with van der Waals surface area (Å²) >= 11 is 0. The molecule has 3 rings (SSSR count). The van der Waals surface area contributed by atoms with Gasteiger partial charge in [-0.25, -0.2) is 4.98 Å². The number of aromatic nitrogens is 2. The molecule has 0 aliphatic carbocycles. The standard InChI is InChI=1S/C12H15N3O3.C2H6/c1-16-10-4-12-14-9(6-15(12)5-8(10)13)11-7-17-2-3-18-11;1-2/h4-6,11H,2-3,7,13H2,1H3;1-2H3. The molecule has 0 saturated carbocycles. The first-order chi connectivity index (χ1) is 9.78. The maximum Gasteiger partial charge on any atom is 0.146 e. The number of hydrogen-bond donors (Lipinski definition) is 1. The average Bonchev–Trinajstić information content (AvgIpc) is 2.92. The second-order valence-corrected chi connectivity index (χ2v) is 4.16. The number of pyridine rings is 1. The number of fused-ring (bicyclic) bond motifs is 1. The van der Waals surface area contributed by atoms with Crippen molar-refractivity contribution in [2.24, 2.45) is 0 Å². The molecule has 1 saturated heterocycles. The quantitative estimate of drug-likeness (QED) is 0.911. The van der Waals surface area contributed by atoms with Gasteiger partial charge in [-0.15, -0.1) is 0 Å². The lowest BCUT2D eigenvalue weighted by atomic mass is 10.3. The van der Waals surface area contributed by atoms with E-state index in [0.29, 0.717) is 31.3 Å². The molecule has 0 amide bonds. The molecule has 1 aliphatic rings. The molecular weight excluding hydrogens is 258 g/mol. The van der Waals surface area contributed by atoms with Crippen LogP contribution in [-0.2, 0) is 9.47 Å². The van der Waals surface area contributed by atoms with Crippen molar-refractivity contribution >= 4 is 11.3 Å². The topological polar surface area (TPSA) is 71.0 Å². The summed E-state index contributed by atoms with van der Waals surface area (Å²) < 4.78 is 18.0. The number of nitrogens with zero attached hydrogens (tertiary/aromatic N) is 2. The SMILES string of the molecule is CC.COc1cc2nc(C3COCCO3)cn2cc1N. The van der Waals surface area contributed by atoms with E-state index in [2.05, 4.69) is 4.98 Å². The van der Waals surface area contributed by atoms with Crippen LogP contribution in [0.4, 0.5) is 5.69 Å². The Hall–Kier alpha value is -1.79. The molecule has 1 unspecified atom stereocenters. The van der Waals surface area contributed by atoms with Crippen molar-refractivity contribution in [3.63, 3.8) is 0 Å². The van der Waals surface area contributed by atoms with Crippen molar-refractivity contribution in [2.75, 3.05) is 32.7 Å². The van der Waals surface area contributed by atoms with Crippen molar-refractivity contribution in [3.05, 3.63) is 24.2 Å². The van der Waals surface area contributed by atoms with Crippen LogP contribution in [0.1, 0.15) is 25.6 Å². The fourth-order valence-corrected chi connectivity index (χ4v) is 2.04. The summed E-state index contributed by atoms with van der Waals surface area (Å²) in [6.45, 7) is 5.78. The van der Waals surface area contributed by atoms with Gasteiger partial charge in [-0.05, 0) is 0 Å². The van der Waals surface area contributed by atoms with Crippen LogP contribution in [0.3, 0.4) is 0 Å². The summed E-state index contributed by atoms with van der Waals surface area (Å²) in [6, 6.07) is 1.81. The summed E-state index contributed by atoms with van der Waals surface area (Å²) in [5.74, 6) is 0.625. The smallest absolute Gasteiger partial charge is 0.146 e. The maximum absolute atomic E-state index is 5.86. The van der Waals surface area contributed by atoms with E-state index in [9.17, 15) is 0 Å². The predicted molar refractivity (Wildman–Crippen MR) is 77.0 cm³/mol. The summed E-state index contributed by atoms with van der Waals surface area (Å²) in [5, 5.41) is 0. The van der Waals surface area contributed by atoms with Crippen LogP contribution in [0.15, 0.2) is 18.5 Å². The van der Waals surface area contributed by atoms with Crippen LogP contribution in [0.5, 0.6) is 5.75 Å². The van der Waals surface area contributed by atoms with Crippen molar-refractivity contribution in [2.45, 2.75) is 20.0 Å². The molecule has 2 aromatic heterocycles. The minimum Gasteiger partial charge on any atom is -0.494 e. The lowest BCUT2D eigenvalue weighted by molar-refractivity contribution is -0.0916. The van der Waals surface area contributed by atoms with Gasteiger partial charge in [0.1, 0.15) is 17.5 Å². The molecule has 110 valence electrons. The van der Waals surface area contributed by atoms with Gasteiger partial charge in [-0.1, -0.05) is 13.8 Å². The lowest BCUT2D eigenvalue weighted by Crippen LogP contribution is -2.22. The molecule has 0 aromatic carbocycles. The second kappa shape index (κ2) is 6.58. The first kappa shape index (κ1) is 14.6. The van der Waals surface area contributed by atoms with Crippen LogP contribution < -0.4 is 10.5 Å². The Bertz CT molecular complexity index is 562. The summed E-state index contributed by atoms with van der Waals surface area (Å²) in [7, 11) is 1.59. The van der Waals surface area contributed by atoms with Gasteiger partial charge >= 0.3 is 0 Å². The largest absolute Gasteiger partial charge is 0.494 e. The Morgan fingerprint density at radius 1 is 1.35 bits per heavy atom. The van der Waals surface area contributed by atoms with Gasteiger partial charge in [0.05, 0.1) is 38.3 Å². The number of anilines is 1. The molecule has 1 atom stereocenters. The lowest BCUT2D eigenvalue weighted by Gasteiger charge is -2.20. The zero-order valence-electron chi connectivity index (χ0n) is 12.1. The first-order valence-electron chi connectivity index (χ1n) is 6.79. The first-order valence-corrected chi connectivity index (χ1v) is 6.79. The van der Waals surface area contributed by atoms with Crippen LogP contribution in [0.25, 0.3) is 5.65 Å². The van der Waals surface area contributed by atoms with Gasteiger partial charge in [-0.2, -0.15) is 0 Å². The number of ether oxygens (including phenoxy) is 3. The van der Waals surface area contributed by atoms with Gasteiger partial charge in [-0.3, -0.25) is 0 Å². The number of methoxy groups -OCH3 is 1. The van der Waals surface area contributed by atoms with E-state index in [-0.39, 0.29) is 6.10 Å². The minimum absolute atomic E-state index is 0.106. The van der Waals surface area contributed by atoms with Crippen LogP contribution in [-0.4, -0.2) is 36.3 Å². The van der Waals surface area contributed by atoms with Gasteiger partial charge < -0.3 is 24.3 Å². The molecule has 0 spiro atoms. The van der Waals surface area contributed by atoms with E-state index in [4.69, 9.17) is 19.9 Å². The number of hydrogen-bond acceptors (Lipinski definition) is 5. The molecule has 6 heteroatoms. The van der Waals surface area contributed by atoms with Crippen molar-refractivity contribution < 1.29 is 14.2 Å². The third-order valence-electron chi connectivity index (χ3n) is 2.97. The Balaban J connectivity index is 0.000000704. The second-order valence-electron chi connectivity index (χ2n) is 4.16. The van der Waals surface area contributed by atoms with E-state index in [0.717, 1.165) is 11.3 Å². The molecule has 3 heterocycles. The molecule has 0 bridgehead atoms. The summed E-state index contributed by atoms with van der Waals surface area (Å²) in [5.41, 5.74) is 8.07. The molecular formula is C14H21N3O3. The molecule has 2 aromatic rings. The van der Waals surface area contributed by atoms with Crippen LogP contribution >= 0.6 is 0 Å². The van der Waals surface area contributed by atoms with Gasteiger partial charge in [0.2, 0.25) is 0 Å². The molecule has 1 aliphatic heterocycles. The van der Waals surface area contributed by atoms with E-state index in [1.54, 1.807) is 13.3 Å². The normalized spacial score (nSPS) is 18.4. The van der Waals surface area contributed by atoms with Crippen LogP contribution in [0.2, 0.25) is 0 Å². The van der Waals surface area contributed by atoms with Gasteiger partial charge in [0, 0.05) is 18.5 Å². The van der Waals surface area contributed by atoms with Gasteiger partial charge in [0.15, 0.2) is 0 Å². The highest BCUT2D eigenvalue weighted by Gasteiger charge is 2.20. The third kappa shape index (κ3) is 2.86. The van der Waals surface area contributed by atoms with Crippen molar-refractivity contribution in [1.82, 2.24) is 9.38 Å². The van der Waals surface area contributed by atoms with E-state index < -0.39 is 0 Å². The number of rotatable bonds is 2. The van der Waals surface area contributed by atoms with Gasteiger partial charge in [0.25, 0.3) is 0 Å². The Morgan fingerprint density at radius 3 is 2.80 bits per heavy atom. The zero-order valence-corrected chi connectivity index (χ0v) is 12.1. The van der Waals surface area contributed by atoms with Crippen LogP contribution in [0, 0.1) is 0 Å². The maximum atomic E-state index is 5.86. The van der Waals surface area contributed by atoms with Crippen molar-refractivity contribution in [3.8, 4) is 5.75 Å². The number of nitrogens with two attached hydrogens (primary N) is 1. The van der Waals surface area contributed by atoms with E-state index in [1.165, 1.54) is 0 Å². The summed E-state index contributed by atoms with van der Waals surface area (Å²) in [6.07, 6.45) is 3.59. The molecule has 20 heavy (non-hydrogen) atoms. The number of imidazole rings is 1. The minimum atomic E-state index is -0.106. The predicted octanol–water partition coefficient (Wildman–Crippen LogP) is 2.04. The molecule has 1 fully saturated rings. The Kier molecular flexibility index (Phi) is 4.81. The molecule has 6 nitrogen and oxygen atoms in total. The fourth-order valence-electron chi connectivity index (χ4n) is 2.04. The number of nitrogen functional groups attached to an aromatic ring is 1. The fraction of sp³-hybridized carbons (Fsp3) is 0.500. The molecule has 0 radical (unpaired) electrons. The Labute approximate surface area is 118 Å².